The maximum atomic E-state index is 13.3. The number of hydrogen-bond donors (Lipinski definition) is 4. The number of aromatic nitrogens is 2. The quantitative estimate of drug-likeness (QED) is 0.215. The number of carbonyl (C=O) groups is 3. The SMILES string of the molecule is CCCCc1ncc(C(=O)N[C@@H](CC(=O)NO)Cc2ccc(Cl)cc2)n1Cc1ccc(C(=O)O)cc1. The van der Waals surface area contributed by atoms with Crippen molar-refractivity contribution < 1.29 is 24.7 Å². The summed E-state index contributed by atoms with van der Waals surface area (Å²) in [7, 11) is 0. The van der Waals surface area contributed by atoms with Gasteiger partial charge in [0, 0.05) is 30.5 Å². The number of unbranched alkanes of at least 4 members (excludes halogenated alkanes) is 1. The number of amides is 2. The first-order valence-electron chi connectivity index (χ1n) is 11.7. The van der Waals surface area contributed by atoms with Crippen LogP contribution in [0.2, 0.25) is 5.02 Å². The van der Waals surface area contributed by atoms with E-state index in [0.717, 1.165) is 29.8 Å². The van der Waals surface area contributed by atoms with Crippen LogP contribution in [0.3, 0.4) is 0 Å². The molecule has 4 N–H and O–H groups in total. The number of hydrogen-bond acceptors (Lipinski definition) is 5. The molecule has 0 bridgehead atoms. The summed E-state index contributed by atoms with van der Waals surface area (Å²) in [6.45, 7) is 2.40. The van der Waals surface area contributed by atoms with Crippen molar-refractivity contribution in [1.29, 1.82) is 0 Å². The lowest BCUT2D eigenvalue weighted by molar-refractivity contribution is -0.129. The molecule has 0 radical (unpaired) electrons. The molecule has 0 fully saturated rings. The van der Waals surface area contributed by atoms with E-state index < -0.39 is 23.8 Å². The predicted octanol–water partition coefficient (Wildman–Crippen LogP) is 3.86. The van der Waals surface area contributed by atoms with Crippen LogP contribution < -0.4 is 10.8 Å². The van der Waals surface area contributed by atoms with Gasteiger partial charge in [0.2, 0.25) is 5.91 Å². The fourth-order valence-corrected chi connectivity index (χ4v) is 3.98. The van der Waals surface area contributed by atoms with Crippen LogP contribution in [-0.2, 0) is 24.2 Å². The Morgan fingerprint density at radius 3 is 2.33 bits per heavy atom. The molecule has 0 unspecified atom stereocenters. The predicted molar refractivity (Wildman–Crippen MR) is 134 cm³/mol. The molecule has 0 spiro atoms. The summed E-state index contributed by atoms with van der Waals surface area (Å²) in [5.74, 6) is -1.29. The molecule has 3 aromatic rings. The number of carboxylic acids is 1. The molecule has 0 saturated carbocycles. The number of benzene rings is 2. The number of aromatic carboxylic acids is 1. The number of hydroxylamine groups is 1. The zero-order valence-corrected chi connectivity index (χ0v) is 20.7. The van der Waals surface area contributed by atoms with Gasteiger partial charge in [0.05, 0.1) is 11.8 Å². The third-order valence-electron chi connectivity index (χ3n) is 5.75. The fraction of sp³-hybridized carbons (Fsp3) is 0.308. The van der Waals surface area contributed by atoms with Crippen molar-refractivity contribution in [3.05, 3.63) is 88.0 Å². The summed E-state index contributed by atoms with van der Waals surface area (Å²) >= 11 is 5.96. The van der Waals surface area contributed by atoms with Gasteiger partial charge in [-0.1, -0.05) is 49.2 Å². The molecule has 1 heterocycles. The highest BCUT2D eigenvalue weighted by atomic mass is 35.5. The van der Waals surface area contributed by atoms with Gasteiger partial charge >= 0.3 is 5.97 Å². The van der Waals surface area contributed by atoms with Crippen LogP contribution in [0.15, 0.2) is 54.7 Å². The van der Waals surface area contributed by atoms with Crippen molar-refractivity contribution in [3.8, 4) is 0 Å². The normalized spacial score (nSPS) is 11.6. The summed E-state index contributed by atoms with van der Waals surface area (Å²) in [5, 5.41) is 21.6. The van der Waals surface area contributed by atoms with Crippen LogP contribution >= 0.6 is 11.6 Å². The van der Waals surface area contributed by atoms with Gasteiger partial charge in [0.15, 0.2) is 0 Å². The molecular formula is C26H29ClN4O5. The molecule has 2 amide bonds. The minimum absolute atomic E-state index is 0.127. The summed E-state index contributed by atoms with van der Waals surface area (Å²) < 4.78 is 1.81. The van der Waals surface area contributed by atoms with Crippen LogP contribution in [0.4, 0.5) is 0 Å². The van der Waals surface area contributed by atoms with E-state index in [4.69, 9.17) is 21.9 Å². The highest BCUT2D eigenvalue weighted by Crippen LogP contribution is 2.16. The Morgan fingerprint density at radius 2 is 1.72 bits per heavy atom. The maximum Gasteiger partial charge on any atom is 0.335 e. The summed E-state index contributed by atoms with van der Waals surface area (Å²) in [5.41, 5.74) is 3.81. The molecule has 1 aromatic heterocycles. The summed E-state index contributed by atoms with van der Waals surface area (Å²) in [6.07, 6.45) is 4.27. The van der Waals surface area contributed by atoms with E-state index in [1.807, 2.05) is 16.7 Å². The Bertz CT molecular complexity index is 1190. The molecule has 9 nitrogen and oxygen atoms in total. The van der Waals surface area contributed by atoms with Crippen molar-refractivity contribution in [1.82, 2.24) is 20.3 Å². The molecule has 0 aliphatic rings. The molecule has 0 saturated heterocycles. The molecule has 0 aliphatic carbocycles. The minimum Gasteiger partial charge on any atom is -0.478 e. The molecule has 2 aromatic carbocycles. The van der Waals surface area contributed by atoms with Crippen molar-refractivity contribution >= 4 is 29.4 Å². The van der Waals surface area contributed by atoms with Crippen molar-refractivity contribution in [2.24, 2.45) is 0 Å². The zero-order valence-electron chi connectivity index (χ0n) is 19.9. The van der Waals surface area contributed by atoms with E-state index in [1.165, 1.54) is 18.3 Å². The third-order valence-corrected chi connectivity index (χ3v) is 6.01. The number of carbonyl (C=O) groups excluding carboxylic acids is 2. The van der Waals surface area contributed by atoms with Gasteiger partial charge in [-0.3, -0.25) is 14.8 Å². The summed E-state index contributed by atoms with van der Waals surface area (Å²) in [4.78, 5) is 40.9. The van der Waals surface area contributed by atoms with E-state index in [1.54, 1.807) is 29.7 Å². The number of nitrogens with one attached hydrogen (secondary N) is 2. The van der Waals surface area contributed by atoms with Crippen LogP contribution in [0.5, 0.6) is 0 Å². The standard InChI is InChI=1S/C26H29ClN4O5/c1-2-3-4-23-28-15-22(31(23)16-18-5-9-19(10-6-18)26(34)35)25(33)29-21(14-24(32)30-36)13-17-7-11-20(27)12-8-17/h5-12,15,21,36H,2-4,13-14,16H2,1H3,(H,29,33)(H,30,32)(H,34,35)/t21-/m1/s1. The van der Waals surface area contributed by atoms with Gasteiger partial charge in [-0.15, -0.1) is 0 Å². The van der Waals surface area contributed by atoms with Gasteiger partial charge in [-0.25, -0.2) is 15.3 Å². The largest absolute Gasteiger partial charge is 0.478 e. The molecule has 3 rings (SSSR count). The van der Waals surface area contributed by atoms with Crippen molar-refractivity contribution in [2.75, 3.05) is 0 Å². The molecule has 190 valence electrons. The summed E-state index contributed by atoms with van der Waals surface area (Å²) in [6, 6.07) is 13.0. The first-order chi connectivity index (χ1) is 17.3. The van der Waals surface area contributed by atoms with Crippen LogP contribution in [0.1, 0.15) is 64.0 Å². The average Bonchev–Trinajstić information content (AvgIpc) is 3.26. The molecular weight excluding hydrogens is 484 g/mol. The van der Waals surface area contributed by atoms with E-state index >= 15 is 0 Å². The first-order valence-corrected chi connectivity index (χ1v) is 12.0. The van der Waals surface area contributed by atoms with Crippen LogP contribution in [0.25, 0.3) is 0 Å². The second-order valence-corrected chi connectivity index (χ2v) is 8.93. The number of imidazole rings is 1. The van der Waals surface area contributed by atoms with Gasteiger partial charge in [0.1, 0.15) is 11.5 Å². The lowest BCUT2D eigenvalue weighted by Gasteiger charge is -2.19. The second kappa shape index (κ2) is 12.9. The Labute approximate surface area is 214 Å². The fourth-order valence-electron chi connectivity index (χ4n) is 3.85. The smallest absolute Gasteiger partial charge is 0.335 e. The third kappa shape index (κ3) is 7.40. The maximum absolute atomic E-state index is 13.3. The molecule has 1 atom stereocenters. The van der Waals surface area contributed by atoms with Gasteiger partial charge in [-0.2, -0.15) is 0 Å². The second-order valence-electron chi connectivity index (χ2n) is 8.49. The zero-order chi connectivity index (χ0) is 26.1. The van der Waals surface area contributed by atoms with E-state index in [-0.39, 0.29) is 12.0 Å². The van der Waals surface area contributed by atoms with E-state index in [2.05, 4.69) is 17.2 Å². The number of aryl methyl sites for hydroxylation is 1. The van der Waals surface area contributed by atoms with Crippen LogP contribution in [-0.4, -0.2) is 43.7 Å². The Kier molecular flexibility index (Phi) is 9.61. The Morgan fingerprint density at radius 1 is 1.06 bits per heavy atom. The van der Waals surface area contributed by atoms with Crippen molar-refractivity contribution in [3.63, 3.8) is 0 Å². The average molecular weight is 513 g/mol. The van der Waals surface area contributed by atoms with E-state index in [9.17, 15) is 14.4 Å². The number of nitrogens with zero attached hydrogens (tertiary/aromatic N) is 2. The minimum atomic E-state index is -1.01. The highest BCUT2D eigenvalue weighted by molar-refractivity contribution is 6.30. The number of rotatable bonds is 12. The number of carboxylic acid groups (broad SMARTS) is 1. The lowest BCUT2D eigenvalue weighted by Crippen LogP contribution is -2.41. The first kappa shape index (κ1) is 26.9. The monoisotopic (exact) mass is 512 g/mol. The van der Waals surface area contributed by atoms with Crippen molar-refractivity contribution in [2.45, 2.75) is 51.6 Å². The van der Waals surface area contributed by atoms with Gasteiger partial charge < -0.3 is 15.0 Å². The topological polar surface area (TPSA) is 134 Å². The molecule has 10 heteroatoms. The molecule has 0 aliphatic heterocycles. The number of halogens is 1. The lowest BCUT2D eigenvalue weighted by atomic mass is 10.0. The Balaban J connectivity index is 1.85. The van der Waals surface area contributed by atoms with Crippen LogP contribution in [0, 0.1) is 0 Å². The van der Waals surface area contributed by atoms with Gasteiger partial charge in [0.25, 0.3) is 5.91 Å². The van der Waals surface area contributed by atoms with Gasteiger partial charge in [-0.05, 0) is 48.2 Å². The van der Waals surface area contributed by atoms with E-state index in [0.29, 0.717) is 30.1 Å². The highest BCUT2D eigenvalue weighted by Gasteiger charge is 2.22. The Hall–Kier alpha value is -3.69. The molecule has 36 heavy (non-hydrogen) atoms.